The Kier molecular flexibility index (Phi) is 4.89. The molecule has 1 N–H and O–H groups in total. The average Bonchev–Trinajstić information content (AvgIpc) is 3.13. The van der Waals surface area contributed by atoms with Gasteiger partial charge in [0.25, 0.3) is 5.91 Å². The minimum Gasteiger partial charge on any atom is -0.296 e. The molecule has 0 bridgehead atoms. The van der Waals surface area contributed by atoms with Crippen molar-refractivity contribution in [1.29, 1.82) is 0 Å². The van der Waals surface area contributed by atoms with Crippen molar-refractivity contribution in [3.63, 3.8) is 0 Å². The maximum atomic E-state index is 12.5. The average molecular weight is 381 g/mol. The molecule has 0 unspecified atom stereocenters. The van der Waals surface area contributed by atoms with Gasteiger partial charge in [0.05, 0.1) is 16.4 Å². The van der Waals surface area contributed by atoms with Crippen molar-refractivity contribution < 1.29 is 4.79 Å². The summed E-state index contributed by atoms with van der Waals surface area (Å²) in [5, 5.41) is 10.4. The minimum absolute atomic E-state index is 0.320. The number of carbonyl (C=O) groups is 1. The lowest BCUT2D eigenvalue weighted by atomic mass is 10.2. The molecule has 24 heavy (non-hydrogen) atoms. The first-order valence-electron chi connectivity index (χ1n) is 7.25. The zero-order chi connectivity index (χ0) is 17.3. The van der Waals surface area contributed by atoms with E-state index < -0.39 is 0 Å². The molecule has 0 fully saturated rings. The molecule has 3 aromatic rings. The molecule has 0 saturated carbocycles. The van der Waals surface area contributed by atoms with Crippen molar-refractivity contribution in [2.24, 2.45) is 0 Å². The highest BCUT2D eigenvalue weighted by atomic mass is 35.5. The zero-order valence-electron chi connectivity index (χ0n) is 13.0. The second-order valence-corrected chi connectivity index (χ2v) is 6.74. The molecule has 2 heterocycles. The zero-order valence-corrected chi connectivity index (χ0v) is 15.3. The summed E-state index contributed by atoms with van der Waals surface area (Å²) in [5.74, 6) is -0.320. The number of hydrogen-bond acceptors (Lipinski definition) is 4. The highest BCUT2D eigenvalue weighted by molar-refractivity contribution is 7.14. The summed E-state index contributed by atoms with van der Waals surface area (Å²) < 4.78 is 1.58. The van der Waals surface area contributed by atoms with E-state index in [0.717, 1.165) is 11.3 Å². The van der Waals surface area contributed by atoms with Gasteiger partial charge in [0.1, 0.15) is 5.69 Å². The van der Waals surface area contributed by atoms with E-state index >= 15 is 0 Å². The Bertz CT molecular complexity index is 886. The standard InChI is InChI=1S/C16H14Cl2N4OS/c1-3-22-14(13(18)9(2)21-22)15(23)20-16-19-12(8-24-16)10-4-6-11(17)7-5-10/h4-8H,3H2,1-2H3,(H,19,20,23). The molecule has 0 spiro atoms. The molecule has 3 rings (SSSR count). The number of hydrogen-bond donors (Lipinski definition) is 1. The summed E-state index contributed by atoms with van der Waals surface area (Å²) in [6.45, 7) is 4.24. The van der Waals surface area contributed by atoms with Gasteiger partial charge in [0.2, 0.25) is 0 Å². The molecule has 0 aliphatic carbocycles. The van der Waals surface area contributed by atoms with E-state index in [2.05, 4.69) is 15.4 Å². The first-order valence-corrected chi connectivity index (χ1v) is 8.89. The molecule has 1 aromatic carbocycles. The van der Waals surface area contributed by atoms with Gasteiger partial charge in [-0.25, -0.2) is 4.98 Å². The second-order valence-electron chi connectivity index (χ2n) is 5.06. The SMILES string of the molecule is CCn1nc(C)c(Cl)c1C(=O)Nc1nc(-c2ccc(Cl)cc2)cs1. The van der Waals surface area contributed by atoms with Gasteiger partial charge in [-0.2, -0.15) is 5.10 Å². The van der Waals surface area contributed by atoms with Crippen molar-refractivity contribution in [2.45, 2.75) is 20.4 Å². The molecule has 0 atom stereocenters. The fraction of sp³-hybridized carbons (Fsp3) is 0.188. The van der Waals surface area contributed by atoms with Crippen LogP contribution in [0, 0.1) is 6.92 Å². The Hall–Kier alpha value is -1.89. The van der Waals surface area contributed by atoms with Crippen LogP contribution in [0.4, 0.5) is 5.13 Å². The van der Waals surface area contributed by atoms with Gasteiger partial charge >= 0.3 is 0 Å². The largest absolute Gasteiger partial charge is 0.296 e. The van der Waals surface area contributed by atoms with Crippen LogP contribution in [-0.2, 0) is 6.54 Å². The lowest BCUT2D eigenvalue weighted by Gasteiger charge is -2.04. The Balaban J connectivity index is 1.82. The summed E-state index contributed by atoms with van der Waals surface area (Å²) in [6, 6.07) is 7.37. The molecule has 0 aliphatic rings. The molecule has 8 heteroatoms. The fourth-order valence-corrected chi connectivity index (χ4v) is 3.31. The van der Waals surface area contributed by atoms with Crippen molar-refractivity contribution in [1.82, 2.24) is 14.8 Å². The number of anilines is 1. The highest BCUT2D eigenvalue weighted by Gasteiger charge is 2.20. The molecule has 1 amide bonds. The van der Waals surface area contributed by atoms with E-state index in [9.17, 15) is 4.79 Å². The van der Waals surface area contributed by atoms with Crippen LogP contribution in [-0.4, -0.2) is 20.7 Å². The second kappa shape index (κ2) is 6.93. The molecular weight excluding hydrogens is 367 g/mol. The van der Waals surface area contributed by atoms with E-state index in [1.807, 2.05) is 24.4 Å². The maximum Gasteiger partial charge on any atom is 0.277 e. The molecular formula is C16H14Cl2N4OS. The number of halogens is 2. The fourth-order valence-electron chi connectivity index (χ4n) is 2.25. The summed E-state index contributed by atoms with van der Waals surface area (Å²) in [6.07, 6.45) is 0. The number of carbonyl (C=O) groups excluding carboxylic acids is 1. The predicted octanol–water partition coefficient (Wildman–Crippen LogP) is 4.89. The van der Waals surface area contributed by atoms with Crippen LogP contribution in [0.25, 0.3) is 11.3 Å². The van der Waals surface area contributed by atoms with Crippen LogP contribution >= 0.6 is 34.5 Å². The van der Waals surface area contributed by atoms with Gasteiger partial charge < -0.3 is 0 Å². The number of rotatable bonds is 4. The van der Waals surface area contributed by atoms with Gasteiger partial charge in [0, 0.05) is 22.5 Å². The van der Waals surface area contributed by atoms with Crippen molar-refractivity contribution in [3.05, 3.63) is 51.1 Å². The molecule has 0 saturated heterocycles. The van der Waals surface area contributed by atoms with Crippen LogP contribution in [0.2, 0.25) is 10.0 Å². The third-order valence-corrected chi connectivity index (χ3v) is 4.90. The maximum absolute atomic E-state index is 12.5. The van der Waals surface area contributed by atoms with Crippen molar-refractivity contribution in [2.75, 3.05) is 5.32 Å². The summed E-state index contributed by atoms with van der Waals surface area (Å²) in [4.78, 5) is 16.9. The molecule has 124 valence electrons. The number of amides is 1. The Labute approximate surface area is 153 Å². The summed E-state index contributed by atoms with van der Waals surface area (Å²) in [5.41, 5.74) is 2.69. The lowest BCUT2D eigenvalue weighted by Crippen LogP contribution is -2.17. The number of aromatic nitrogens is 3. The number of aryl methyl sites for hydroxylation is 2. The van der Waals surface area contributed by atoms with E-state index in [1.165, 1.54) is 11.3 Å². The molecule has 0 radical (unpaired) electrons. The van der Waals surface area contributed by atoms with Gasteiger partial charge in [-0.05, 0) is 26.0 Å². The number of nitrogens with one attached hydrogen (secondary N) is 1. The van der Waals surface area contributed by atoms with Crippen molar-refractivity contribution >= 4 is 45.6 Å². The van der Waals surface area contributed by atoms with Crippen LogP contribution in [0.3, 0.4) is 0 Å². The smallest absolute Gasteiger partial charge is 0.277 e. The van der Waals surface area contributed by atoms with E-state index in [4.69, 9.17) is 23.2 Å². The van der Waals surface area contributed by atoms with Crippen LogP contribution in [0.1, 0.15) is 23.1 Å². The van der Waals surface area contributed by atoms with E-state index in [1.54, 1.807) is 23.7 Å². The summed E-state index contributed by atoms with van der Waals surface area (Å²) in [7, 11) is 0. The van der Waals surface area contributed by atoms with Gasteiger partial charge in [-0.1, -0.05) is 35.3 Å². The first kappa shape index (κ1) is 17.0. The predicted molar refractivity (Wildman–Crippen MR) is 98.2 cm³/mol. The Morgan fingerprint density at radius 2 is 2.00 bits per heavy atom. The topological polar surface area (TPSA) is 59.8 Å². The Morgan fingerprint density at radius 1 is 1.29 bits per heavy atom. The molecule has 5 nitrogen and oxygen atoms in total. The minimum atomic E-state index is -0.320. The third-order valence-electron chi connectivity index (χ3n) is 3.43. The van der Waals surface area contributed by atoms with E-state index in [0.29, 0.717) is 33.1 Å². The van der Waals surface area contributed by atoms with E-state index in [-0.39, 0.29) is 5.91 Å². The van der Waals surface area contributed by atoms with Crippen LogP contribution in [0.5, 0.6) is 0 Å². The summed E-state index contributed by atoms with van der Waals surface area (Å²) >= 11 is 13.4. The number of thiazole rings is 1. The Morgan fingerprint density at radius 3 is 2.67 bits per heavy atom. The lowest BCUT2D eigenvalue weighted by molar-refractivity contribution is 0.101. The monoisotopic (exact) mass is 380 g/mol. The number of nitrogens with zero attached hydrogens (tertiary/aromatic N) is 3. The van der Waals surface area contributed by atoms with Crippen LogP contribution in [0.15, 0.2) is 29.6 Å². The molecule has 0 aliphatic heterocycles. The van der Waals surface area contributed by atoms with Crippen molar-refractivity contribution in [3.8, 4) is 11.3 Å². The van der Waals surface area contributed by atoms with Crippen LogP contribution < -0.4 is 5.32 Å². The molecule has 2 aromatic heterocycles. The quantitative estimate of drug-likeness (QED) is 0.700. The normalized spacial score (nSPS) is 10.8. The number of benzene rings is 1. The highest BCUT2D eigenvalue weighted by Crippen LogP contribution is 2.27. The van der Waals surface area contributed by atoms with Gasteiger partial charge in [-0.3, -0.25) is 14.8 Å². The van der Waals surface area contributed by atoms with Gasteiger partial charge in [-0.15, -0.1) is 11.3 Å². The first-order chi connectivity index (χ1) is 11.5. The third kappa shape index (κ3) is 3.31. The van der Waals surface area contributed by atoms with Gasteiger partial charge in [0.15, 0.2) is 5.13 Å².